The smallest absolute Gasteiger partial charge is 0.335 e. The largest absolute Gasteiger partial charge is 0.478 e. The lowest BCUT2D eigenvalue weighted by atomic mass is 10.0. The molecule has 92 valence electrons. The number of benzene rings is 1. The summed E-state index contributed by atoms with van der Waals surface area (Å²) in [5.41, 5.74) is 1.38. The van der Waals surface area contributed by atoms with Gasteiger partial charge in [-0.2, -0.15) is 0 Å². The first kappa shape index (κ1) is 11.1. The van der Waals surface area contributed by atoms with Crippen LogP contribution in [0.2, 0.25) is 0 Å². The quantitative estimate of drug-likeness (QED) is 0.816. The zero-order valence-corrected chi connectivity index (χ0v) is 10.0. The van der Waals surface area contributed by atoms with Crippen LogP contribution in [0.15, 0.2) is 42.6 Å². The van der Waals surface area contributed by atoms with Gasteiger partial charge in [-0.1, -0.05) is 18.2 Å². The maximum atomic E-state index is 11.0. The lowest BCUT2D eigenvalue weighted by molar-refractivity contribution is 0.0697. The van der Waals surface area contributed by atoms with E-state index < -0.39 is 5.97 Å². The second-order valence-corrected chi connectivity index (χ2v) is 4.74. The molecule has 0 radical (unpaired) electrons. The summed E-state index contributed by atoms with van der Waals surface area (Å²) in [4.78, 5) is 11.0. The number of hydrogen-bond donors (Lipinski definition) is 1. The van der Waals surface area contributed by atoms with E-state index in [-0.39, 0.29) is 0 Å². The molecule has 3 heteroatoms. The molecule has 1 aromatic heterocycles. The van der Waals surface area contributed by atoms with E-state index in [4.69, 9.17) is 5.11 Å². The Morgan fingerprint density at radius 3 is 2.89 bits per heavy atom. The Kier molecular flexibility index (Phi) is 2.67. The van der Waals surface area contributed by atoms with Gasteiger partial charge in [0.05, 0.1) is 5.56 Å². The van der Waals surface area contributed by atoms with Gasteiger partial charge in [0.15, 0.2) is 0 Å². The molecule has 1 atom stereocenters. The molecule has 1 N–H and O–H groups in total. The maximum Gasteiger partial charge on any atom is 0.335 e. The number of carbonyl (C=O) groups is 1. The van der Waals surface area contributed by atoms with Gasteiger partial charge in [0.1, 0.15) is 0 Å². The third-order valence-corrected chi connectivity index (χ3v) is 3.61. The van der Waals surface area contributed by atoms with E-state index in [1.165, 1.54) is 0 Å². The van der Waals surface area contributed by atoms with Crippen molar-refractivity contribution in [3.63, 3.8) is 0 Å². The van der Waals surface area contributed by atoms with Crippen LogP contribution in [0.25, 0.3) is 10.9 Å². The molecule has 0 amide bonds. The van der Waals surface area contributed by atoms with E-state index in [0.717, 1.165) is 30.2 Å². The van der Waals surface area contributed by atoms with Crippen LogP contribution in [0.3, 0.4) is 0 Å². The van der Waals surface area contributed by atoms with E-state index >= 15 is 0 Å². The highest BCUT2D eigenvalue weighted by atomic mass is 16.4. The number of hydrogen-bond acceptors (Lipinski definition) is 1. The van der Waals surface area contributed by atoms with Gasteiger partial charge in [-0.05, 0) is 42.8 Å². The fraction of sp³-hybridized carbons (Fsp3) is 0.267. The molecule has 1 unspecified atom stereocenters. The van der Waals surface area contributed by atoms with E-state index in [1.54, 1.807) is 12.1 Å². The van der Waals surface area contributed by atoms with Crippen molar-refractivity contribution < 1.29 is 9.90 Å². The Bertz CT molecular complexity index is 624. The van der Waals surface area contributed by atoms with Crippen molar-refractivity contribution in [1.82, 2.24) is 4.57 Å². The SMILES string of the molecule is O=C(O)c1ccc2ccn(C3CC=CCC3)c2c1. The zero-order chi connectivity index (χ0) is 12.5. The molecule has 18 heavy (non-hydrogen) atoms. The average Bonchev–Trinajstić information content (AvgIpc) is 2.82. The number of rotatable bonds is 2. The van der Waals surface area contributed by atoms with Gasteiger partial charge in [0.2, 0.25) is 0 Å². The minimum absolute atomic E-state index is 0.355. The Hall–Kier alpha value is -2.03. The summed E-state index contributed by atoms with van der Waals surface area (Å²) in [7, 11) is 0. The van der Waals surface area contributed by atoms with E-state index in [1.807, 2.05) is 6.07 Å². The Balaban J connectivity index is 2.08. The molecule has 0 bridgehead atoms. The van der Waals surface area contributed by atoms with Gasteiger partial charge >= 0.3 is 5.97 Å². The minimum atomic E-state index is -0.867. The van der Waals surface area contributed by atoms with Gasteiger partial charge in [0.25, 0.3) is 0 Å². The lowest BCUT2D eigenvalue weighted by Crippen LogP contribution is -2.09. The summed E-state index contributed by atoms with van der Waals surface area (Å²) in [6.45, 7) is 0. The number of aromatic carboxylic acids is 1. The first-order valence-electron chi connectivity index (χ1n) is 6.24. The Morgan fingerprint density at radius 2 is 2.17 bits per heavy atom. The number of carboxylic acids is 1. The third-order valence-electron chi connectivity index (χ3n) is 3.61. The highest BCUT2D eigenvalue weighted by Crippen LogP contribution is 2.29. The molecule has 1 aliphatic carbocycles. The molecule has 0 aliphatic heterocycles. The summed E-state index contributed by atoms with van der Waals surface area (Å²) in [5.74, 6) is -0.867. The molecule has 2 aromatic rings. The molecule has 0 saturated carbocycles. The highest BCUT2D eigenvalue weighted by Gasteiger charge is 2.14. The molecular weight excluding hydrogens is 226 g/mol. The standard InChI is InChI=1S/C15H15NO2/c17-15(18)12-7-6-11-8-9-16(14(11)10-12)13-4-2-1-3-5-13/h1-2,6-10,13H,3-5H2,(H,17,18). The van der Waals surface area contributed by atoms with Crippen LogP contribution in [0, 0.1) is 0 Å². The van der Waals surface area contributed by atoms with Crippen LogP contribution in [0.5, 0.6) is 0 Å². The molecule has 0 spiro atoms. The summed E-state index contributed by atoms with van der Waals surface area (Å²) >= 11 is 0. The topological polar surface area (TPSA) is 42.2 Å². The van der Waals surface area contributed by atoms with Gasteiger partial charge in [0, 0.05) is 17.8 Å². The number of fused-ring (bicyclic) bond motifs is 1. The van der Waals surface area contributed by atoms with Crippen LogP contribution in [-0.4, -0.2) is 15.6 Å². The fourth-order valence-electron chi connectivity index (χ4n) is 2.63. The molecule has 1 heterocycles. The molecule has 3 nitrogen and oxygen atoms in total. The van der Waals surface area contributed by atoms with Gasteiger partial charge < -0.3 is 9.67 Å². The monoisotopic (exact) mass is 241 g/mol. The molecule has 1 aliphatic rings. The summed E-state index contributed by atoms with van der Waals surface area (Å²) in [5, 5.41) is 10.2. The summed E-state index contributed by atoms with van der Waals surface area (Å²) < 4.78 is 2.21. The fourth-order valence-corrected chi connectivity index (χ4v) is 2.63. The third kappa shape index (κ3) is 1.82. The van der Waals surface area contributed by atoms with Crippen molar-refractivity contribution in [1.29, 1.82) is 0 Å². The summed E-state index contributed by atoms with van der Waals surface area (Å²) in [6.07, 6.45) is 9.74. The summed E-state index contributed by atoms with van der Waals surface area (Å²) in [6, 6.07) is 7.83. The molecule has 1 aromatic carbocycles. The number of carboxylic acid groups (broad SMARTS) is 1. The first-order chi connectivity index (χ1) is 8.75. The average molecular weight is 241 g/mol. The first-order valence-corrected chi connectivity index (χ1v) is 6.24. The number of aromatic nitrogens is 1. The highest BCUT2D eigenvalue weighted by molar-refractivity contribution is 5.93. The number of nitrogens with zero attached hydrogens (tertiary/aromatic N) is 1. The van der Waals surface area contributed by atoms with Gasteiger partial charge in [-0.25, -0.2) is 4.79 Å². The van der Waals surface area contributed by atoms with E-state index in [2.05, 4.69) is 29.0 Å². The predicted molar refractivity (Wildman–Crippen MR) is 70.9 cm³/mol. The van der Waals surface area contributed by atoms with Gasteiger partial charge in [-0.15, -0.1) is 0 Å². The molecular formula is C15H15NO2. The Labute approximate surface area is 105 Å². The molecule has 3 rings (SSSR count). The van der Waals surface area contributed by atoms with Crippen molar-refractivity contribution in [2.45, 2.75) is 25.3 Å². The van der Waals surface area contributed by atoms with Crippen LogP contribution in [0.4, 0.5) is 0 Å². The predicted octanol–water partition coefficient (Wildman–Crippen LogP) is 3.62. The van der Waals surface area contributed by atoms with Crippen LogP contribution >= 0.6 is 0 Å². The second-order valence-electron chi connectivity index (χ2n) is 4.74. The van der Waals surface area contributed by atoms with E-state index in [0.29, 0.717) is 11.6 Å². The van der Waals surface area contributed by atoms with Crippen molar-refractivity contribution in [3.05, 3.63) is 48.2 Å². The lowest BCUT2D eigenvalue weighted by Gasteiger charge is -2.21. The molecule has 0 saturated heterocycles. The Morgan fingerprint density at radius 1 is 1.28 bits per heavy atom. The minimum Gasteiger partial charge on any atom is -0.478 e. The zero-order valence-electron chi connectivity index (χ0n) is 10.0. The van der Waals surface area contributed by atoms with E-state index in [9.17, 15) is 4.79 Å². The van der Waals surface area contributed by atoms with Crippen LogP contribution < -0.4 is 0 Å². The van der Waals surface area contributed by atoms with Crippen molar-refractivity contribution in [3.8, 4) is 0 Å². The van der Waals surface area contributed by atoms with Crippen LogP contribution in [-0.2, 0) is 0 Å². The number of allylic oxidation sites excluding steroid dienone is 2. The molecule has 0 fully saturated rings. The van der Waals surface area contributed by atoms with Gasteiger partial charge in [-0.3, -0.25) is 0 Å². The van der Waals surface area contributed by atoms with Crippen molar-refractivity contribution in [2.75, 3.05) is 0 Å². The normalized spacial score (nSPS) is 19.2. The van der Waals surface area contributed by atoms with Crippen LogP contribution in [0.1, 0.15) is 35.7 Å². The van der Waals surface area contributed by atoms with Crippen molar-refractivity contribution in [2.24, 2.45) is 0 Å². The second kappa shape index (κ2) is 4.33. The maximum absolute atomic E-state index is 11.0. The van der Waals surface area contributed by atoms with Crippen molar-refractivity contribution >= 4 is 16.9 Å².